The number of phenols is 2. The van der Waals surface area contributed by atoms with Gasteiger partial charge in [0.25, 0.3) is 0 Å². The molecule has 1 aliphatic rings. The minimum absolute atomic E-state index is 0.0246. The third kappa shape index (κ3) is 3.69. The Morgan fingerprint density at radius 3 is 2.35 bits per heavy atom. The van der Waals surface area contributed by atoms with E-state index < -0.39 is 0 Å². The zero-order valence-corrected chi connectivity index (χ0v) is 14.8. The van der Waals surface area contributed by atoms with Crippen LogP contribution in [0.1, 0.15) is 11.1 Å². The lowest BCUT2D eigenvalue weighted by Crippen LogP contribution is -2.20. The summed E-state index contributed by atoms with van der Waals surface area (Å²) < 4.78 is 15.9. The van der Waals surface area contributed by atoms with Crippen molar-refractivity contribution in [3.8, 4) is 23.0 Å². The van der Waals surface area contributed by atoms with E-state index in [0.717, 1.165) is 11.1 Å². The number of hydrogen-bond donors (Lipinski definition) is 2. The summed E-state index contributed by atoms with van der Waals surface area (Å²) in [5.41, 5.74) is 1.81. The molecule has 1 fully saturated rings. The summed E-state index contributed by atoms with van der Waals surface area (Å²) >= 11 is 0. The van der Waals surface area contributed by atoms with Gasteiger partial charge in [0.15, 0.2) is 23.0 Å². The number of methoxy groups -OCH3 is 2. The van der Waals surface area contributed by atoms with Gasteiger partial charge in [0, 0.05) is 5.92 Å². The Labute approximate surface area is 151 Å². The number of benzene rings is 2. The second-order valence-corrected chi connectivity index (χ2v) is 6.42. The Bertz CT molecular complexity index is 801. The molecule has 3 rings (SSSR count). The maximum absolute atomic E-state index is 12.2. The fourth-order valence-corrected chi connectivity index (χ4v) is 3.32. The standard InChI is InChI=1S/C20H22O6/c1-24-18-6-4-12(10-19(18)25-2)7-14-11-26-20(23)15(14)8-13-3-5-16(21)17(22)9-13/h3-6,9-10,14-15,21-22H,7-8,11H2,1-2H3/t14-,15+/m1/s1. The second kappa shape index (κ2) is 7.56. The molecule has 0 unspecified atom stereocenters. The number of ether oxygens (including phenoxy) is 3. The molecule has 2 atom stereocenters. The van der Waals surface area contributed by atoms with Gasteiger partial charge in [-0.2, -0.15) is 0 Å². The largest absolute Gasteiger partial charge is 0.504 e. The van der Waals surface area contributed by atoms with Crippen LogP contribution in [-0.2, 0) is 22.4 Å². The summed E-state index contributed by atoms with van der Waals surface area (Å²) in [5.74, 6) is 0.433. The number of carbonyl (C=O) groups excluding carboxylic acids is 1. The predicted octanol–water partition coefficient (Wildman–Crippen LogP) is 2.69. The van der Waals surface area contributed by atoms with Gasteiger partial charge in [-0.05, 0) is 48.2 Å². The quantitative estimate of drug-likeness (QED) is 0.610. The fourth-order valence-electron chi connectivity index (χ4n) is 3.32. The first-order chi connectivity index (χ1) is 12.5. The predicted molar refractivity (Wildman–Crippen MR) is 94.7 cm³/mol. The number of aromatic hydroxyl groups is 2. The normalized spacial score (nSPS) is 19.2. The molecule has 0 saturated carbocycles. The van der Waals surface area contributed by atoms with Crippen LogP contribution in [0.4, 0.5) is 0 Å². The summed E-state index contributed by atoms with van der Waals surface area (Å²) in [7, 11) is 3.17. The Hall–Kier alpha value is -2.89. The van der Waals surface area contributed by atoms with Gasteiger partial charge in [-0.25, -0.2) is 0 Å². The molecule has 2 aromatic rings. The van der Waals surface area contributed by atoms with Crippen molar-refractivity contribution in [1.29, 1.82) is 0 Å². The Kier molecular flexibility index (Phi) is 5.21. The van der Waals surface area contributed by atoms with E-state index in [1.807, 2.05) is 18.2 Å². The molecule has 0 radical (unpaired) electrons. The highest BCUT2D eigenvalue weighted by molar-refractivity contribution is 5.75. The van der Waals surface area contributed by atoms with Crippen LogP contribution in [0, 0.1) is 11.8 Å². The number of rotatable bonds is 6. The van der Waals surface area contributed by atoms with Gasteiger partial charge in [-0.1, -0.05) is 12.1 Å². The maximum atomic E-state index is 12.2. The SMILES string of the molecule is COc1ccc(C[C@@H]2COC(=O)[C@H]2Cc2ccc(O)c(O)c2)cc1OC. The van der Waals surface area contributed by atoms with Gasteiger partial charge in [0.2, 0.25) is 0 Å². The minimum atomic E-state index is -0.299. The number of hydrogen-bond acceptors (Lipinski definition) is 6. The van der Waals surface area contributed by atoms with E-state index in [2.05, 4.69) is 0 Å². The number of cyclic esters (lactones) is 1. The molecule has 0 aromatic heterocycles. The number of esters is 1. The van der Waals surface area contributed by atoms with Gasteiger partial charge < -0.3 is 24.4 Å². The van der Waals surface area contributed by atoms with Crippen molar-refractivity contribution in [3.05, 3.63) is 47.5 Å². The molecule has 6 nitrogen and oxygen atoms in total. The van der Waals surface area contributed by atoms with Crippen LogP contribution < -0.4 is 9.47 Å². The van der Waals surface area contributed by atoms with Crippen molar-refractivity contribution in [1.82, 2.24) is 0 Å². The monoisotopic (exact) mass is 358 g/mol. The van der Waals surface area contributed by atoms with E-state index in [4.69, 9.17) is 14.2 Å². The van der Waals surface area contributed by atoms with E-state index in [1.54, 1.807) is 20.3 Å². The van der Waals surface area contributed by atoms with Crippen LogP contribution >= 0.6 is 0 Å². The summed E-state index contributed by atoms with van der Waals surface area (Å²) in [5, 5.41) is 19.1. The Morgan fingerprint density at radius 1 is 0.962 bits per heavy atom. The molecule has 6 heteroatoms. The smallest absolute Gasteiger partial charge is 0.309 e. The average Bonchev–Trinajstić information content (AvgIpc) is 2.98. The highest BCUT2D eigenvalue weighted by Crippen LogP contribution is 2.34. The lowest BCUT2D eigenvalue weighted by Gasteiger charge is -2.17. The van der Waals surface area contributed by atoms with Crippen LogP contribution in [-0.4, -0.2) is 37.0 Å². The Balaban J connectivity index is 1.76. The average molecular weight is 358 g/mol. The van der Waals surface area contributed by atoms with E-state index in [9.17, 15) is 15.0 Å². The highest BCUT2D eigenvalue weighted by Gasteiger charge is 2.37. The highest BCUT2D eigenvalue weighted by atomic mass is 16.5. The molecule has 0 amide bonds. The topological polar surface area (TPSA) is 85.2 Å². The first kappa shape index (κ1) is 17.9. The first-order valence-electron chi connectivity index (χ1n) is 8.40. The summed E-state index contributed by atoms with van der Waals surface area (Å²) in [4.78, 5) is 12.2. The Morgan fingerprint density at radius 2 is 1.65 bits per heavy atom. The molecule has 1 aliphatic heterocycles. The molecule has 0 bridgehead atoms. The van der Waals surface area contributed by atoms with Gasteiger partial charge in [-0.3, -0.25) is 4.79 Å². The molecule has 1 saturated heterocycles. The number of phenolic OH excluding ortho intramolecular Hbond substituents is 2. The summed E-state index contributed by atoms with van der Waals surface area (Å²) in [6.45, 7) is 0.363. The number of carbonyl (C=O) groups is 1. The van der Waals surface area contributed by atoms with Crippen LogP contribution in [0.5, 0.6) is 23.0 Å². The van der Waals surface area contributed by atoms with E-state index in [-0.39, 0.29) is 29.3 Å². The first-order valence-corrected chi connectivity index (χ1v) is 8.40. The lowest BCUT2D eigenvalue weighted by molar-refractivity contribution is -0.141. The molecule has 0 spiro atoms. The fraction of sp³-hybridized carbons (Fsp3) is 0.350. The molecule has 26 heavy (non-hydrogen) atoms. The third-order valence-electron chi connectivity index (χ3n) is 4.75. The third-order valence-corrected chi connectivity index (χ3v) is 4.75. The van der Waals surface area contributed by atoms with Gasteiger partial charge in [0.05, 0.1) is 26.7 Å². The van der Waals surface area contributed by atoms with Crippen molar-refractivity contribution < 1.29 is 29.2 Å². The van der Waals surface area contributed by atoms with E-state index in [0.29, 0.717) is 30.9 Å². The van der Waals surface area contributed by atoms with E-state index >= 15 is 0 Å². The molecular formula is C20H22O6. The van der Waals surface area contributed by atoms with Crippen LogP contribution in [0.25, 0.3) is 0 Å². The maximum Gasteiger partial charge on any atom is 0.309 e. The van der Waals surface area contributed by atoms with Gasteiger partial charge in [0.1, 0.15) is 0 Å². The van der Waals surface area contributed by atoms with Crippen molar-refractivity contribution in [2.45, 2.75) is 12.8 Å². The van der Waals surface area contributed by atoms with Gasteiger partial charge >= 0.3 is 5.97 Å². The molecule has 2 N–H and O–H groups in total. The van der Waals surface area contributed by atoms with Crippen LogP contribution in [0.2, 0.25) is 0 Å². The van der Waals surface area contributed by atoms with Crippen molar-refractivity contribution >= 4 is 5.97 Å². The molecule has 1 heterocycles. The van der Waals surface area contributed by atoms with Crippen molar-refractivity contribution in [3.63, 3.8) is 0 Å². The van der Waals surface area contributed by atoms with Crippen molar-refractivity contribution in [2.24, 2.45) is 11.8 Å². The minimum Gasteiger partial charge on any atom is -0.504 e. The van der Waals surface area contributed by atoms with Crippen molar-refractivity contribution in [2.75, 3.05) is 20.8 Å². The summed E-state index contributed by atoms with van der Waals surface area (Å²) in [6, 6.07) is 10.3. The zero-order valence-electron chi connectivity index (χ0n) is 14.8. The van der Waals surface area contributed by atoms with Crippen LogP contribution in [0.3, 0.4) is 0 Å². The zero-order chi connectivity index (χ0) is 18.7. The lowest BCUT2D eigenvalue weighted by atomic mass is 9.85. The summed E-state index contributed by atoms with van der Waals surface area (Å²) in [6.07, 6.45) is 1.12. The molecular weight excluding hydrogens is 336 g/mol. The second-order valence-electron chi connectivity index (χ2n) is 6.42. The molecule has 0 aliphatic carbocycles. The molecule has 138 valence electrons. The van der Waals surface area contributed by atoms with E-state index in [1.165, 1.54) is 12.1 Å². The van der Waals surface area contributed by atoms with Crippen LogP contribution in [0.15, 0.2) is 36.4 Å². The van der Waals surface area contributed by atoms with Gasteiger partial charge in [-0.15, -0.1) is 0 Å². The molecule has 2 aromatic carbocycles.